The Balaban J connectivity index is 0.00000169. The predicted octanol–water partition coefficient (Wildman–Crippen LogP) is 2.06. The molecular weight excluding hydrogens is 227 g/mol. The fourth-order valence-corrected chi connectivity index (χ4v) is 1.24. The van der Waals surface area contributed by atoms with Crippen LogP contribution in [0.15, 0.2) is 0 Å². The maximum Gasteiger partial charge on any atom is 0.341 e. The molecule has 6 heteroatoms. The van der Waals surface area contributed by atoms with E-state index < -0.39 is 0 Å². The zero-order valence-corrected chi connectivity index (χ0v) is 9.54. The van der Waals surface area contributed by atoms with Crippen LogP contribution in [0.25, 0.3) is 0 Å². The van der Waals surface area contributed by atoms with E-state index in [1.165, 1.54) is 0 Å². The van der Waals surface area contributed by atoms with E-state index in [1.54, 1.807) is 13.8 Å². The Kier molecular flexibility index (Phi) is 5.57. The lowest BCUT2D eigenvalue weighted by molar-refractivity contribution is 0.0524. The van der Waals surface area contributed by atoms with Crippen LogP contribution in [-0.4, -0.2) is 22.8 Å². The summed E-state index contributed by atoms with van der Waals surface area (Å²) >= 11 is 5.60. The number of rotatable bonds is 3. The summed E-state index contributed by atoms with van der Waals surface area (Å²) in [5, 5.41) is 6.57. The van der Waals surface area contributed by atoms with E-state index in [2.05, 4.69) is 10.2 Å². The van der Waals surface area contributed by atoms with Gasteiger partial charge >= 0.3 is 5.97 Å². The van der Waals surface area contributed by atoms with Crippen molar-refractivity contribution >= 4 is 30.0 Å². The van der Waals surface area contributed by atoms with Gasteiger partial charge in [-0.2, -0.15) is 5.10 Å². The molecule has 1 rings (SSSR count). The fraction of sp³-hybridized carbons (Fsp3) is 0.500. The number of carbonyl (C=O) groups is 1. The van der Waals surface area contributed by atoms with E-state index in [0.29, 0.717) is 23.6 Å². The molecule has 1 heterocycles. The number of nitrogens with one attached hydrogen (secondary N) is 1. The average molecular weight is 239 g/mol. The van der Waals surface area contributed by atoms with Gasteiger partial charge in [0, 0.05) is 5.69 Å². The van der Waals surface area contributed by atoms with E-state index in [1.807, 2.05) is 0 Å². The number of hydrogen-bond donors (Lipinski definition) is 1. The first-order chi connectivity index (χ1) is 6.20. The molecule has 0 saturated carbocycles. The molecule has 14 heavy (non-hydrogen) atoms. The first-order valence-electron chi connectivity index (χ1n) is 3.97. The Bertz CT molecular complexity index is 312. The first-order valence-corrected chi connectivity index (χ1v) is 4.51. The second kappa shape index (κ2) is 5.88. The van der Waals surface area contributed by atoms with Gasteiger partial charge in [-0.15, -0.1) is 24.0 Å². The van der Waals surface area contributed by atoms with Gasteiger partial charge < -0.3 is 4.74 Å². The van der Waals surface area contributed by atoms with Crippen molar-refractivity contribution in [2.45, 2.75) is 19.7 Å². The third-order valence-electron chi connectivity index (χ3n) is 1.63. The minimum absolute atomic E-state index is 0. The maximum atomic E-state index is 11.4. The Morgan fingerprint density at radius 3 is 2.79 bits per heavy atom. The highest BCUT2D eigenvalue weighted by Gasteiger charge is 2.17. The van der Waals surface area contributed by atoms with Gasteiger partial charge in [0.25, 0.3) is 0 Å². The second-order valence-electron chi connectivity index (χ2n) is 2.52. The third-order valence-corrected chi connectivity index (χ3v) is 1.88. The van der Waals surface area contributed by atoms with E-state index in [-0.39, 0.29) is 24.3 Å². The van der Waals surface area contributed by atoms with Crippen molar-refractivity contribution in [1.29, 1.82) is 0 Å². The lowest BCUT2D eigenvalue weighted by atomic mass is 10.2. The number of H-pyrrole nitrogens is 1. The Morgan fingerprint density at radius 2 is 2.29 bits per heavy atom. The van der Waals surface area contributed by atoms with Crippen molar-refractivity contribution in [2.75, 3.05) is 6.61 Å². The van der Waals surface area contributed by atoms with Gasteiger partial charge in [0.1, 0.15) is 5.56 Å². The molecule has 80 valence electrons. The number of carbonyl (C=O) groups excluding carboxylic acids is 1. The predicted molar refractivity (Wildman–Crippen MR) is 56.1 cm³/mol. The highest BCUT2D eigenvalue weighted by Crippen LogP contribution is 2.13. The van der Waals surface area contributed by atoms with Crippen molar-refractivity contribution in [1.82, 2.24) is 10.2 Å². The summed E-state index contributed by atoms with van der Waals surface area (Å²) in [5.41, 5.74) is 1.68. The van der Waals surface area contributed by atoms with Gasteiger partial charge in [-0.05, 0) is 13.8 Å². The van der Waals surface area contributed by atoms with Crippen LogP contribution in [-0.2, 0) is 10.6 Å². The molecule has 0 fully saturated rings. The Labute approximate surface area is 93.4 Å². The van der Waals surface area contributed by atoms with Crippen LogP contribution in [0.4, 0.5) is 0 Å². The molecule has 0 atom stereocenters. The number of hydrogen-bond acceptors (Lipinski definition) is 3. The first kappa shape index (κ1) is 13.3. The lowest BCUT2D eigenvalue weighted by Crippen LogP contribution is -2.07. The van der Waals surface area contributed by atoms with E-state index in [4.69, 9.17) is 16.3 Å². The highest BCUT2D eigenvalue weighted by molar-refractivity contribution is 6.17. The zero-order chi connectivity index (χ0) is 9.84. The number of nitrogens with zero attached hydrogens (tertiary/aromatic N) is 1. The van der Waals surface area contributed by atoms with Gasteiger partial charge in [0.05, 0.1) is 18.2 Å². The highest BCUT2D eigenvalue weighted by atomic mass is 35.5. The van der Waals surface area contributed by atoms with Gasteiger partial charge in [0.15, 0.2) is 0 Å². The largest absolute Gasteiger partial charge is 0.462 e. The van der Waals surface area contributed by atoms with E-state index in [9.17, 15) is 4.79 Å². The van der Waals surface area contributed by atoms with Crippen molar-refractivity contribution in [3.63, 3.8) is 0 Å². The second-order valence-corrected chi connectivity index (χ2v) is 2.79. The molecule has 4 nitrogen and oxygen atoms in total. The lowest BCUT2D eigenvalue weighted by Gasteiger charge is -2.00. The number of ether oxygens (including phenoxy) is 1. The summed E-state index contributed by atoms with van der Waals surface area (Å²) < 4.78 is 4.85. The van der Waals surface area contributed by atoms with Crippen LogP contribution in [0, 0.1) is 6.92 Å². The van der Waals surface area contributed by atoms with Gasteiger partial charge in [-0.1, -0.05) is 0 Å². The molecule has 0 amide bonds. The molecule has 1 aromatic heterocycles. The number of halogens is 2. The van der Waals surface area contributed by atoms with Crippen LogP contribution in [0.1, 0.15) is 28.7 Å². The smallest absolute Gasteiger partial charge is 0.341 e. The number of aromatic nitrogens is 2. The molecule has 0 saturated heterocycles. The zero-order valence-electron chi connectivity index (χ0n) is 7.96. The van der Waals surface area contributed by atoms with Gasteiger partial charge in [0.2, 0.25) is 0 Å². The number of alkyl halides is 1. The van der Waals surface area contributed by atoms with Crippen molar-refractivity contribution in [3.8, 4) is 0 Å². The van der Waals surface area contributed by atoms with Crippen LogP contribution >= 0.6 is 24.0 Å². The molecule has 0 radical (unpaired) electrons. The number of aromatic amines is 1. The minimum Gasteiger partial charge on any atom is -0.462 e. The number of aryl methyl sites for hydroxylation is 1. The molecule has 0 unspecified atom stereocenters. The van der Waals surface area contributed by atoms with Gasteiger partial charge in [-0.25, -0.2) is 4.79 Å². The quantitative estimate of drug-likeness (QED) is 0.648. The van der Waals surface area contributed by atoms with E-state index >= 15 is 0 Å². The standard InChI is InChI=1S/C8H11ClN2O2.ClH/c1-3-13-8(12)7-5(2)10-11-6(7)4-9;/h3-4H2,1-2H3,(H,10,11);1H. The summed E-state index contributed by atoms with van der Waals surface area (Å²) in [7, 11) is 0. The Hall–Kier alpha value is -0.740. The Morgan fingerprint density at radius 1 is 1.64 bits per heavy atom. The summed E-state index contributed by atoms with van der Waals surface area (Å²) in [6.07, 6.45) is 0. The fourth-order valence-electron chi connectivity index (χ4n) is 1.05. The molecule has 0 aliphatic carbocycles. The van der Waals surface area contributed by atoms with E-state index in [0.717, 1.165) is 0 Å². The molecule has 0 spiro atoms. The normalized spacial score (nSPS) is 9.36. The molecular formula is C8H12Cl2N2O2. The maximum absolute atomic E-state index is 11.4. The molecule has 0 aliphatic rings. The van der Waals surface area contributed by atoms with Crippen LogP contribution in [0.5, 0.6) is 0 Å². The molecule has 0 aromatic carbocycles. The number of esters is 1. The molecule has 1 N–H and O–H groups in total. The SMILES string of the molecule is CCOC(=O)c1c(CCl)n[nH]c1C.Cl. The van der Waals surface area contributed by atoms with Crippen molar-refractivity contribution < 1.29 is 9.53 Å². The summed E-state index contributed by atoms with van der Waals surface area (Å²) in [4.78, 5) is 11.4. The molecule has 0 aliphatic heterocycles. The topological polar surface area (TPSA) is 55.0 Å². The average Bonchev–Trinajstić information content (AvgIpc) is 2.47. The van der Waals surface area contributed by atoms with Crippen molar-refractivity contribution in [2.24, 2.45) is 0 Å². The molecule has 0 bridgehead atoms. The van der Waals surface area contributed by atoms with Crippen LogP contribution in [0.2, 0.25) is 0 Å². The molecule has 1 aromatic rings. The summed E-state index contributed by atoms with van der Waals surface area (Å²) in [6.45, 7) is 3.87. The monoisotopic (exact) mass is 238 g/mol. The van der Waals surface area contributed by atoms with Crippen LogP contribution in [0.3, 0.4) is 0 Å². The minimum atomic E-state index is -0.371. The summed E-state index contributed by atoms with van der Waals surface area (Å²) in [5.74, 6) is -0.164. The van der Waals surface area contributed by atoms with Gasteiger partial charge in [-0.3, -0.25) is 5.10 Å². The third kappa shape index (κ3) is 2.62. The summed E-state index contributed by atoms with van der Waals surface area (Å²) in [6, 6.07) is 0. The van der Waals surface area contributed by atoms with Crippen molar-refractivity contribution in [3.05, 3.63) is 17.0 Å². The van der Waals surface area contributed by atoms with Crippen LogP contribution < -0.4 is 0 Å².